The van der Waals surface area contributed by atoms with Crippen LogP contribution in [0.25, 0.3) is 22.3 Å². The van der Waals surface area contributed by atoms with Crippen molar-refractivity contribution in [3.63, 3.8) is 0 Å². The van der Waals surface area contributed by atoms with E-state index < -0.39 is 0 Å². The van der Waals surface area contributed by atoms with E-state index in [1.54, 1.807) is 23.3 Å². The summed E-state index contributed by atoms with van der Waals surface area (Å²) in [6.07, 6.45) is 2.22. The predicted octanol–water partition coefficient (Wildman–Crippen LogP) is 2.68. The van der Waals surface area contributed by atoms with Crippen molar-refractivity contribution in [3.05, 3.63) is 107 Å². The normalized spacial score (nSPS) is 9.41. The molecule has 0 saturated heterocycles. The molecule has 0 fully saturated rings. The summed E-state index contributed by atoms with van der Waals surface area (Å²) in [6.45, 7) is 13.3. The molecule has 0 nitrogen and oxygen atoms in total. The average molecular weight is 587 g/mol. The van der Waals surface area contributed by atoms with Gasteiger partial charge < -0.3 is 24.8 Å². The van der Waals surface area contributed by atoms with E-state index in [-0.39, 0.29) is 30.2 Å². The van der Waals surface area contributed by atoms with Crippen molar-refractivity contribution in [2.45, 2.75) is 53.6 Å². The first-order valence-electron chi connectivity index (χ1n) is 11.5. The minimum absolute atomic E-state index is 0. The van der Waals surface area contributed by atoms with Gasteiger partial charge in [0.1, 0.15) is 0 Å². The summed E-state index contributed by atoms with van der Waals surface area (Å²) < 4.78 is 0. The van der Waals surface area contributed by atoms with Gasteiger partial charge in [0.15, 0.2) is 0 Å². The number of rotatable bonds is 4. The second-order valence-corrected chi connectivity index (χ2v) is 17.7. The SMILES string of the molecule is CCc1ccc(-[c-]2cccc2C)cc1.CCc1ccc(-[c-]2cccc2C)cc1.C[Si](C)=[Zr+2].[Cl-].[Cl-]. The Morgan fingerprint density at radius 1 is 0.618 bits per heavy atom. The molecular formula is C30H36Cl2SiZr-2. The van der Waals surface area contributed by atoms with Crippen molar-refractivity contribution in [1.82, 2.24) is 0 Å². The van der Waals surface area contributed by atoms with Crippen LogP contribution in [0.1, 0.15) is 36.1 Å². The van der Waals surface area contributed by atoms with Crippen molar-refractivity contribution >= 4 is 5.43 Å². The fourth-order valence-electron chi connectivity index (χ4n) is 3.51. The van der Waals surface area contributed by atoms with Crippen molar-refractivity contribution in [1.29, 1.82) is 0 Å². The van der Waals surface area contributed by atoms with Crippen molar-refractivity contribution < 1.29 is 48.1 Å². The summed E-state index contributed by atoms with van der Waals surface area (Å²) in [6, 6.07) is 30.6. The zero-order valence-electron chi connectivity index (χ0n) is 21.3. The van der Waals surface area contributed by atoms with Gasteiger partial charge in [-0.05, 0) is 12.8 Å². The average Bonchev–Trinajstić information content (AvgIpc) is 3.42. The van der Waals surface area contributed by atoms with E-state index in [1.807, 2.05) is 0 Å². The molecule has 0 aliphatic carbocycles. The van der Waals surface area contributed by atoms with Crippen molar-refractivity contribution in [3.8, 4) is 22.3 Å². The maximum Gasteiger partial charge on any atom is -1.00 e. The number of benzene rings is 2. The molecular weight excluding hydrogens is 551 g/mol. The molecule has 4 aromatic rings. The van der Waals surface area contributed by atoms with Gasteiger partial charge in [0.2, 0.25) is 0 Å². The van der Waals surface area contributed by atoms with Crippen LogP contribution >= 0.6 is 0 Å². The van der Waals surface area contributed by atoms with Crippen LogP contribution in [-0.2, 0) is 36.2 Å². The Labute approximate surface area is 235 Å². The summed E-state index contributed by atoms with van der Waals surface area (Å²) >= 11 is 1.74. The van der Waals surface area contributed by atoms with E-state index in [4.69, 9.17) is 0 Å². The van der Waals surface area contributed by atoms with E-state index in [9.17, 15) is 0 Å². The molecule has 0 aromatic heterocycles. The zero-order chi connectivity index (χ0) is 23.5. The predicted molar refractivity (Wildman–Crippen MR) is 141 cm³/mol. The van der Waals surface area contributed by atoms with Crippen LogP contribution in [-0.4, -0.2) is 5.43 Å². The molecule has 0 amide bonds. The summed E-state index contributed by atoms with van der Waals surface area (Å²) in [5.41, 5.74) is 11.1. The number of halogens is 2. The number of hydrogen-bond acceptors (Lipinski definition) is 0. The van der Waals surface area contributed by atoms with E-state index in [1.165, 1.54) is 44.5 Å². The number of aryl methyl sites for hydroxylation is 4. The first kappa shape index (κ1) is 32.8. The standard InChI is InChI=1S/2C14H15.C2H6Si.2ClH.Zr/c2*1-3-12-7-9-13(10-8-12)14-6-4-5-11(14)2;1-3-2;;;/h2*4-10H,3H2,1-2H3;1-2H3;2*1H;/q2*-1;;;;+2/p-2. The summed E-state index contributed by atoms with van der Waals surface area (Å²) in [4.78, 5) is 0. The molecule has 0 aliphatic heterocycles. The summed E-state index contributed by atoms with van der Waals surface area (Å²) in [5.74, 6) is 0. The fourth-order valence-corrected chi connectivity index (χ4v) is 3.51. The molecule has 0 bridgehead atoms. The Morgan fingerprint density at radius 2 is 0.912 bits per heavy atom. The number of hydrogen-bond donors (Lipinski definition) is 0. The van der Waals surface area contributed by atoms with Crippen LogP contribution in [0.4, 0.5) is 0 Å². The third-order valence-corrected chi connectivity index (χ3v) is 5.41. The van der Waals surface area contributed by atoms with Crippen LogP contribution < -0.4 is 24.8 Å². The van der Waals surface area contributed by atoms with E-state index in [0.29, 0.717) is 0 Å². The van der Waals surface area contributed by atoms with Crippen LogP contribution in [0, 0.1) is 13.8 Å². The summed E-state index contributed by atoms with van der Waals surface area (Å²) in [7, 11) is 0. The molecule has 4 aromatic carbocycles. The molecule has 4 heteroatoms. The third-order valence-electron chi connectivity index (χ3n) is 5.41. The smallest absolute Gasteiger partial charge is 1.00 e. The zero-order valence-corrected chi connectivity index (χ0v) is 26.2. The molecule has 0 radical (unpaired) electrons. The second-order valence-electron chi connectivity index (χ2n) is 8.35. The third kappa shape index (κ3) is 10.6. The van der Waals surface area contributed by atoms with Crippen LogP contribution in [0.3, 0.4) is 0 Å². The van der Waals surface area contributed by atoms with Gasteiger partial charge in [-0.25, -0.2) is 0 Å². The molecule has 0 aliphatic rings. The van der Waals surface area contributed by atoms with E-state index >= 15 is 0 Å². The molecule has 0 atom stereocenters. The van der Waals surface area contributed by atoms with Gasteiger partial charge in [-0.15, -0.1) is 70.8 Å². The Hall–Kier alpha value is -1.18. The largest absolute Gasteiger partial charge is 1.00 e. The minimum Gasteiger partial charge on any atom is -1.00 e. The molecule has 0 N–H and O–H groups in total. The summed E-state index contributed by atoms with van der Waals surface area (Å²) in [5, 5.41) is 0. The van der Waals surface area contributed by atoms with E-state index in [2.05, 4.69) is 126 Å². The van der Waals surface area contributed by atoms with Gasteiger partial charge in [0, 0.05) is 0 Å². The Balaban J connectivity index is 0.000000528. The molecule has 34 heavy (non-hydrogen) atoms. The fraction of sp³-hybridized carbons (Fsp3) is 0.267. The Kier molecular flexibility index (Phi) is 16.7. The van der Waals surface area contributed by atoms with E-state index in [0.717, 1.165) is 12.8 Å². The quantitative estimate of drug-likeness (QED) is 0.255. The molecule has 4 rings (SSSR count). The molecule has 0 unspecified atom stereocenters. The Morgan fingerprint density at radius 3 is 1.12 bits per heavy atom. The first-order chi connectivity index (χ1) is 15.3. The van der Waals surface area contributed by atoms with Gasteiger partial charge in [-0.1, -0.05) is 74.2 Å². The molecule has 180 valence electrons. The Bertz CT molecular complexity index is 1000. The van der Waals surface area contributed by atoms with Crippen molar-refractivity contribution in [2.24, 2.45) is 0 Å². The maximum atomic E-state index is 2.31. The topological polar surface area (TPSA) is 0 Å². The van der Waals surface area contributed by atoms with Crippen LogP contribution in [0.15, 0.2) is 84.9 Å². The van der Waals surface area contributed by atoms with Crippen LogP contribution in [0.2, 0.25) is 13.1 Å². The van der Waals surface area contributed by atoms with Gasteiger partial charge in [-0.2, -0.15) is 12.1 Å². The van der Waals surface area contributed by atoms with Gasteiger partial charge >= 0.3 is 41.9 Å². The monoisotopic (exact) mass is 584 g/mol. The minimum atomic E-state index is 0. The molecule has 0 saturated carbocycles. The molecule has 0 spiro atoms. The molecule has 0 heterocycles. The van der Waals surface area contributed by atoms with Crippen LogP contribution in [0.5, 0.6) is 0 Å². The van der Waals surface area contributed by atoms with Gasteiger partial charge in [0.25, 0.3) is 0 Å². The maximum absolute atomic E-state index is 2.31. The van der Waals surface area contributed by atoms with Gasteiger partial charge in [-0.3, -0.25) is 0 Å². The second kappa shape index (κ2) is 17.3. The first-order valence-corrected chi connectivity index (χ1v) is 17.7. The van der Waals surface area contributed by atoms with Gasteiger partial charge in [0.05, 0.1) is 0 Å². The van der Waals surface area contributed by atoms with Crippen molar-refractivity contribution in [2.75, 3.05) is 0 Å².